The fraction of sp³-hybridized carbons (Fsp3) is 0.545. The highest BCUT2D eigenvalue weighted by atomic mass is 16.1. The quantitative estimate of drug-likeness (QED) is 0.908. The van der Waals surface area contributed by atoms with Crippen molar-refractivity contribution in [1.82, 2.24) is 14.9 Å². The monoisotopic (exact) mass is 351 g/mol. The zero-order valence-electron chi connectivity index (χ0n) is 15.8. The fourth-order valence-corrected chi connectivity index (χ4v) is 4.34. The van der Waals surface area contributed by atoms with Crippen LogP contribution in [-0.2, 0) is 25.9 Å². The number of nitrogens with one attached hydrogen (secondary N) is 1. The van der Waals surface area contributed by atoms with Gasteiger partial charge in [0.1, 0.15) is 5.82 Å². The predicted octanol–water partition coefficient (Wildman–Crippen LogP) is 3.94. The van der Waals surface area contributed by atoms with Gasteiger partial charge >= 0.3 is 0 Å². The van der Waals surface area contributed by atoms with Crippen LogP contribution in [0.25, 0.3) is 0 Å². The highest BCUT2D eigenvalue weighted by molar-refractivity contribution is 5.25. The van der Waals surface area contributed by atoms with Crippen LogP contribution in [0.3, 0.4) is 0 Å². The average Bonchev–Trinajstić information content (AvgIpc) is 2.69. The second kappa shape index (κ2) is 7.75. The summed E-state index contributed by atoms with van der Waals surface area (Å²) in [4.78, 5) is 23.0. The van der Waals surface area contributed by atoms with Crippen molar-refractivity contribution >= 4 is 0 Å². The maximum atomic E-state index is 12.7. The van der Waals surface area contributed by atoms with Crippen molar-refractivity contribution in [3.63, 3.8) is 0 Å². The van der Waals surface area contributed by atoms with E-state index in [0.29, 0.717) is 12.5 Å². The molecule has 1 aromatic carbocycles. The second-order valence-electron chi connectivity index (χ2n) is 7.84. The van der Waals surface area contributed by atoms with E-state index < -0.39 is 0 Å². The van der Waals surface area contributed by atoms with E-state index in [1.807, 2.05) is 0 Å². The van der Waals surface area contributed by atoms with Crippen molar-refractivity contribution in [3.05, 3.63) is 62.8 Å². The summed E-state index contributed by atoms with van der Waals surface area (Å²) >= 11 is 0. The Morgan fingerprint density at radius 3 is 2.58 bits per heavy atom. The van der Waals surface area contributed by atoms with E-state index in [1.54, 1.807) is 0 Å². The molecule has 0 spiro atoms. The van der Waals surface area contributed by atoms with Crippen molar-refractivity contribution in [2.24, 2.45) is 0 Å². The lowest BCUT2D eigenvalue weighted by atomic mass is 9.88. The van der Waals surface area contributed by atoms with Gasteiger partial charge in [0.05, 0.1) is 11.3 Å². The molecule has 1 aliphatic heterocycles. The summed E-state index contributed by atoms with van der Waals surface area (Å²) in [6.45, 7) is 4.76. The second-order valence-corrected chi connectivity index (χ2v) is 7.84. The molecule has 2 aromatic rings. The van der Waals surface area contributed by atoms with Gasteiger partial charge in [-0.1, -0.05) is 50.5 Å². The van der Waals surface area contributed by atoms with Crippen molar-refractivity contribution in [1.29, 1.82) is 0 Å². The van der Waals surface area contributed by atoms with Gasteiger partial charge in [0.15, 0.2) is 0 Å². The number of aryl methyl sites for hydroxylation is 1. The summed E-state index contributed by atoms with van der Waals surface area (Å²) in [7, 11) is 0. The molecule has 0 radical (unpaired) electrons. The molecule has 4 nitrogen and oxygen atoms in total. The molecule has 0 bridgehead atoms. The first-order valence-corrected chi connectivity index (χ1v) is 10.1. The van der Waals surface area contributed by atoms with Crippen LogP contribution in [-0.4, -0.2) is 21.4 Å². The Kier molecular flexibility index (Phi) is 5.21. The molecule has 0 unspecified atom stereocenters. The number of fused-ring (bicyclic) bond motifs is 1. The number of aromatic amines is 1. The minimum absolute atomic E-state index is 0.0848. The van der Waals surface area contributed by atoms with E-state index in [2.05, 4.69) is 41.1 Å². The van der Waals surface area contributed by atoms with Crippen LogP contribution in [0.5, 0.6) is 0 Å². The van der Waals surface area contributed by atoms with E-state index >= 15 is 0 Å². The number of benzene rings is 1. The minimum atomic E-state index is 0.0848. The topological polar surface area (TPSA) is 49.0 Å². The van der Waals surface area contributed by atoms with Gasteiger partial charge in [-0.3, -0.25) is 9.69 Å². The highest BCUT2D eigenvalue weighted by Gasteiger charge is 2.24. The summed E-state index contributed by atoms with van der Waals surface area (Å²) in [5, 5.41) is 0. The number of hydrogen-bond acceptors (Lipinski definition) is 3. The first kappa shape index (κ1) is 17.5. The maximum Gasteiger partial charge on any atom is 0.255 e. The van der Waals surface area contributed by atoms with Crippen LogP contribution in [0.4, 0.5) is 0 Å². The average molecular weight is 351 g/mol. The maximum absolute atomic E-state index is 12.7. The minimum Gasteiger partial charge on any atom is -0.310 e. The van der Waals surface area contributed by atoms with Crippen LogP contribution >= 0.6 is 0 Å². The molecule has 1 N–H and O–H groups in total. The smallest absolute Gasteiger partial charge is 0.255 e. The number of rotatable bonds is 4. The van der Waals surface area contributed by atoms with Crippen molar-refractivity contribution in [2.75, 3.05) is 6.54 Å². The van der Waals surface area contributed by atoms with Gasteiger partial charge in [-0.25, -0.2) is 4.98 Å². The summed E-state index contributed by atoms with van der Waals surface area (Å²) in [6, 6.07) is 8.84. The van der Waals surface area contributed by atoms with Gasteiger partial charge in [-0.15, -0.1) is 0 Å². The van der Waals surface area contributed by atoms with Crippen molar-refractivity contribution in [2.45, 2.75) is 70.9 Å². The standard InChI is InChI=1S/C22H29N3O/c1-2-16-8-10-17(11-9-16)14-25-13-12-20-19(15-25)22(26)24-21(23-20)18-6-4-3-5-7-18/h8-11,18H,2-7,12-15H2,1H3,(H,23,24,26). The van der Waals surface area contributed by atoms with Crippen molar-refractivity contribution in [3.8, 4) is 0 Å². The molecule has 1 aromatic heterocycles. The normalized spacial score (nSPS) is 18.7. The summed E-state index contributed by atoms with van der Waals surface area (Å²) in [5.41, 5.74) is 4.68. The van der Waals surface area contributed by atoms with Crippen LogP contribution in [0.15, 0.2) is 29.1 Å². The van der Waals surface area contributed by atoms with E-state index in [9.17, 15) is 4.79 Å². The van der Waals surface area contributed by atoms with Crippen LogP contribution < -0.4 is 5.56 Å². The van der Waals surface area contributed by atoms with Crippen LogP contribution in [0.1, 0.15) is 73.2 Å². The zero-order valence-corrected chi connectivity index (χ0v) is 15.8. The summed E-state index contributed by atoms with van der Waals surface area (Å²) in [6.07, 6.45) is 8.13. The lowest BCUT2D eigenvalue weighted by molar-refractivity contribution is 0.241. The third kappa shape index (κ3) is 3.75. The van der Waals surface area contributed by atoms with Gasteiger partial charge in [-0.05, 0) is 30.4 Å². The molecule has 138 valence electrons. The molecule has 2 heterocycles. The molecule has 0 atom stereocenters. The van der Waals surface area contributed by atoms with Gasteiger partial charge in [0.2, 0.25) is 0 Å². The number of hydrogen-bond donors (Lipinski definition) is 1. The molecular formula is C22H29N3O. The number of nitrogens with zero attached hydrogens (tertiary/aromatic N) is 2. The van der Waals surface area contributed by atoms with Crippen molar-refractivity contribution < 1.29 is 0 Å². The van der Waals surface area contributed by atoms with Gasteiger partial charge in [0, 0.05) is 32.0 Å². The molecule has 0 saturated heterocycles. The number of H-pyrrole nitrogens is 1. The third-order valence-electron chi connectivity index (χ3n) is 6.00. The molecule has 0 amide bonds. The Morgan fingerprint density at radius 2 is 1.85 bits per heavy atom. The largest absolute Gasteiger partial charge is 0.310 e. The van der Waals surface area contributed by atoms with Crippen LogP contribution in [0.2, 0.25) is 0 Å². The Morgan fingerprint density at radius 1 is 1.12 bits per heavy atom. The summed E-state index contributed by atoms with van der Waals surface area (Å²) < 4.78 is 0. The molecule has 1 fully saturated rings. The fourth-order valence-electron chi connectivity index (χ4n) is 4.34. The Bertz CT molecular complexity index is 803. The van der Waals surface area contributed by atoms with E-state index in [4.69, 9.17) is 4.98 Å². The van der Waals surface area contributed by atoms with Crippen LogP contribution in [0, 0.1) is 0 Å². The zero-order chi connectivity index (χ0) is 17.9. The first-order chi connectivity index (χ1) is 12.7. The van der Waals surface area contributed by atoms with Gasteiger partial charge < -0.3 is 4.98 Å². The Balaban J connectivity index is 1.48. The first-order valence-electron chi connectivity index (χ1n) is 10.1. The van der Waals surface area contributed by atoms with Gasteiger partial charge in [-0.2, -0.15) is 0 Å². The molecule has 1 aliphatic carbocycles. The molecule has 4 rings (SSSR count). The van der Waals surface area contributed by atoms with Gasteiger partial charge in [0.25, 0.3) is 5.56 Å². The SMILES string of the molecule is CCc1ccc(CN2CCc3nc(C4CCCCC4)[nH]c(=O)c3C2)cc1. The molecule has 2 aliphatic rings. The Labute approximate surface area is 155 Å². The highest BCUT2D eigenvalue weighted by Crippen LogP contribution is 2.30. The molecule has 26 heavy (non-hydrogen) atoms. The van der Waals surface area contributed by atoms with E-state index in [1.165, 1.54) is 43.2 Å². The lowest BCUT2D eigenvalue weighted by Gasteiger charge is -2.29. The summed E-state index contributed by atoms with van der Waals surface area (Å²) in [5.74, 6) is 1.40. The van der Waals surface area contributed by atoms with E-state index in [-0.39, 0.29) is 5.56 Å². The lowest BCUT2D eigenvalue weighted by Crippen LogP contribution is -2.36. The predicted molar refractivity (Wildman–Crippen MR) is 104 cm³/mol. The molecule has 1 saturated carbocycles. The molecular weight excluding hydrogens is 322 g/mol. The third-order valence-corrected chi connectivity index (χ3v) is 6.00. The number of aromatic nitrogens is 2. The molecule has 4 heteroatoms. The Hall–Kier alpha value is -1.94. The van der Waals surface area contributed by atoms with E-state index in [0.717, 1.165) is 43.0 Å².